The summed E-state index contributed by atoms with van der Waals surface area (Å²) in [6, 6.07) is 0. The Morgan fingerprint density at radius 3 is 2.00 bits per heavy atom. The minimum atomic E-state index is -0.447. The van der Waals surface area contributed by atoms with Gasteiger partial charge in [0, 0.05) is 32.7 Å². The van der Waals surface area contributed by atoms with Crippen molar-refractivity contribution < 1.29 is 37.8 Å². The quantitative estimate of drug-likeness (QED) is 0.643. The van der Waals surface area contributed by atoms with Crippen LogP contribution in [0.25, 0.3) is 0 Å². The van der Waals surface area contributed by atoms with E-state index >= 15 is 0 Å². The van der Waals surface area contributed by atoms with E-state index in [4.69, 9.17) is 5.11 Å². The molecule has 0 amide bonds. The summed E-state index contributed by atoms with van der Waals surface area (Å²) < 4.78 is 0. The van der Waals surface area contributed by atoms with Crippen molar-refractivity contribution in [2.45, 2.75) is 19.4 Å². The molecule has 1 N–H and O–H groups in total. The summed E-state index contributed by atoms with van der Waals surface area (Å²) in [6.45, 7) is 8.95. The predicted octanol–water partition coefficient (Wildman–Crippen LogP) is 1.04. The van der Waals surface area contributed by atoms with E-state index in [2.05, 4.69) is 13.8 Å². The molecule has 0 bridgehead atoms. The Morgan fingerprint density at radius 2 is 2.00 bits per heavy atom. The number of aliphatic hydroxyl groups is 1. The van der Waals surface area contributed by atoms with Gasteiger partial charge in [0.1, 0.15) is 0 Å². The predicted molar refractivity (Wildman–Crippen MR) is 30.5 cm³/mol. The molecule has 0 aromatic rings. The SMILES string of the molecule is [CH2-]C[C@H](C)[C@H]([CH2-])O.[Y]. The zero-order valence-electron chi connectivity index (χ0n) is 5.30. The van der Waals surface area contributed by atoms with Crippen LogP contribution in [0.2, 0.25) is 0 Å². The van der Waals surface area contributed by atoms with Gasteiger partial charge in [0.05, 0.1) is 0 Å². The molecular weight excluding hydrogens is 177 g/mol. The number of hydrogen-bond acceptors (Lipinski definition) is 1. The summed E-state index contributed by atoms with van der Waals surface area (Å²) in [5.41, 5.74) is 0. The fraction of sp³-hybridized carbons (Fsp3) is 0.667. The van der Waals surface area contributed by atoms with Gasteiger partial charge in [-0.15, -0.1) is 0 Å². The third kappa shape index (κ3) is 5.21. The first-order valence-corrected chi connectivity index (χ1v) is 2.49. The summed E-state index contributed by atoms with van der Waals surface area (Å²) in [7, 11) is 0. The average Bonchev–Trinajstić information content (AvgIpc) is 1.65. The van der Waals surface area contributed by atoms with Gasteiger partial charge >= 0.3 is 0 Å². The molecule has 2 heteroatoms. The van der Waals surface area contributed by atoms with E-state index in [9.17, 15) is 0 Å². The number of rotatable bonds is 2. The molecular formula is C6H12OY-2. The van der Waals surface area contributed by atoms with Gasteiger partial charge in [-0.1, -0.05) is 18.9 Å². The van der Waals surface area contributed by atoms with E-state index in [1.165, 1.54) is 0 Å². The Balaban J connectivity index is 0. The van der Waals surface area contributed by atoms with E-state index in [0.29, 0.717) is 0 Å². The summed E-state index contributed by atoms with van der Waals surface area (Å²) in [6.07, 6.45) is 0.308. The van der Waals surface area contributed by atoms with Crippen molar-refractivity contribution >= 4 is 0 Å². The van der Waals surface area contributed by atoms with Crippen LogP contribution in [0.5, 0.6) is 0 Å². The molecule has 2 atom stereocenters. The summed E-state index contributed by atoms with van der Waals surface area (Å²) in [5.74, 6) is 0.236. The van der Waals surface area contributed by atoms with Gasteiger partial charge in [-0.25, -0.2) is 0 Å². The second kappa shape index (κ2) is 6.19. The van der Waals surface area contributed by atoms with Gasteiger partial charge < -0.3 is 19.0 Å². The molecule has 0 aromatic carbocycles. The average molecular weight is 189 g/mol. The zero-order valence-corrected chi connectivity index (χ0v) is 8.14. The fourth-order valence-electron chi connectivity index (χ4n) is 0.192. The maximum atomic E-state index is 8.67. The van der Waals surface area contributed by atoms with Crippen LogP contribution in [0.4, 0.5) is 0 Å². The second-order valence-corrected chi connectivity index (χ2v) is 1.83. The van der Waals surface area contributed by atoms with E-state index in [1.807, 2.05) is 6.92 Å². The molecule has 0 heterocycles. The molecule has 0 aliphatic rings. The van der Waals surface area contributed by atoms with Gasteiger partial charge in [-0.3, -0.25) is 0 Å². The molecule has 0 saturated heterocycles. The van der Waals surface area contributed by atoms with Gasteiger partial charge in [-0.2, -0.15) is 6.42 Å². The van der Waals surface area contributed by atoms with Gasteiger partial charge in [0.2, 0.25) is 0 Å². The van der Waals surface area contributed by atoms with Crippen LogP contribution in [-0.4, -0.2) is 11.2 Å². The van der Waals surface area contributed by atoms with Crippen LogP contribution in [0.15, 0.2) is 0 Å². The smallest absolute Gasteiger partial charge is 0 e. The van der Waals surface area contributed by atoms with Crippen molar-refractivity contribution in [1.29, 1.82) is 0 Å². The Morgan fingerprint density at radius 1 is 1.62 bits per heavy atom. The first-order valence-electron chi connectivity index (χ1n) is 2.49. The Labute approximate surface area is 76.7 Å². The summed E-state index contributed by atoms with van der Waals surface area (Å²) >= 11 is 0. The molecule has 1 nitrogen and oxygen atoms in total. The van der Waals surface area contributed by atoms with Crippen LogP contribution < -0.4 is 0 Å². The minimum Gasteiger partial charge on any atom is -0.425 e. The topological polar surface area (TPSA) is 20.2 Å². The van der Waals surface area contributed by atoms with E-state index in [-0.39, 0.29) is 38.6 Å². The van der Waals surface area contributed by atoms with Crippen molar-refractivity contribution in [3.8, 4) is 0 Å². The molecule has 47 valence electrons. The molecule has 8 heavy (non-hydrogen) atoms. The third-order valence-electron chi connectivity index (χ3n) is 1.11. The molecule has 0 aliphatic carbocycles. The molecule has 0 saturated carbocycles. The maximum Gasteiger partial charge on any atom is 0 e. The Bertz CT molecular complexity index is 45.8. The van der Waals surface area contributed by atoms with E-state index < -0.39 is 6.10 Å². The van der Waals surface area contributed by atoms with Crippen LogP contribution >= 0.6 is 0 Å². The maximum absolute atomic E-state index is 8.67. The minimum absolute atomic E-state index is 0. The van der Waals surface area contributed by atoms with Crippen molar-refractivity contribution in [2.75, 3.05) is 0 Å². The number of hydrogen-bond donors (Lipinski definition) is 1. The monoisotopic (exact) mass is 189 g/mol. The van der Waals surface area contributed by atoms with E-state index in [0.717, 1.165) is 6.42 Å². The first kappa shape index (κ1) is 11.8. The second-order valence-electron chi connectivity index (χ2n) is 1.83. The van der Waals surface area contributed by atoms with Crippen LogP contribution in [-0.2, 0) is 32.7 Å². The van der Waals surface area contributed by atoms with Gasteiger partial charge in [0.15, 0.2) is 0 Å². The molecule has 0 rings (SSSR count). The molecule has 0 unspecified atom stereocenters. The Hall–Kier alpha value is 1.06. The first-order chi connectivity index (χ1) is 3.18. The number of aliphatic hydroxyl groups excluding tert-OH is 1. The molecule has 0 aliphatic heterocycles. The van der Waals surface area contributed by atoms with Crippen LogP contribution in [0.3, 0.4) is 0 Å². The normalized spacial score (nSPS) is 16.5. The summed E-state index contributed by atoms with van der Waals surface area (Å²) in [4.78, 5) is 0. The van der Waals surface area contributed by atoms with Crippen LogP contribution in [0, 0.1) is 19.8 Å². The fourth-order valence-corrected chi connectivity index (χ4v) is 0.192. The van der Waals surface area contributed by atoms with Gasteiger partial charge in [0.25, 0.3) is 0 Å². The van der Waals surface area contributed by atoms with E-state index in [1.54, 1.807) is 0 Å². The zero-order chi connectivity index (χ0) is 5.86. The van der Waals surface area contributed by atoms with Crippen molar-refractivity contribution in [2.24, 2.45) is 5.92 Å². The van der Waals surface area contributed by atoms with Crippen molar-refractivity contribution in [3.63, 3.8) is 0 Å². The van der Waals surface area contributed by atoms with Crippen molar-refractivity contribution in [1.82, 2.24) is 0 Å². The molecule has 0 aromatic heterocycles. The third-order valence-corrected chi connectivity index (χ3v) is 1.11. The molecule has 0 spiro atoms. The summed E-state index contributed by atoms with van der Waals surface area (Å²) in [5, 5.41) is 8.67. The van der Waals surface area contributed by atoms with Crippen molar-refractivity contribution in [3.05, 3.63) is 13.8 Å². The molecule has 1 radical (unpaired) electrons. The van der Waals surface area contributed by atoms with Crippen LogP contribution in [0.1, 0.15) is 13.3 Å². The van der Waals surface area contributed by atoms with Gasteiger partial charge in [-0.05, 0) is 0 Å². The Kier molecular flexibility index (Phi) is 9.14. The largest absolute Gasteiger partial charge is 0.425 e. The standard InChI is InChI=1S/C6H12O.Y/c1-4-5(2)6(3)7;/h5-7H,1,3-4H2,2H3;/q-2;/t5-,6-;/m0./s1. The molecule has 0 fully saturated rings.